The summed E-state index contributed by atoms with van der Waals surface area (Å²) in [5, 5.41) is 6.11. The molecule has 0 saturated carbocycles. The molecule has 1 aliphatic rings. The van der Waals surface area contributed by atoms with Gasteiger partial charge in [-0.05, 0) is 38.1 Å². The Morgan fingerprint density at radius 3 is 2.18 bits per heavy atom. The average Bonchev–Trinajstić information content (AvgIpc) is 2.80. The fraction of sp³-hybridized carbons (Fsp3) is 0.250. The number of amides is 2. The molecule has 0 spiro atoms. The van der Waals surface area contributed by atoms with Crippen molar-refractivity contribution >= 4 is 39.8 Å². The van der Waals surface area contributed by atoms with Crippen molar-refractivity contribution in [1.82, 2.24) is 15.2 Å². The van der Waals surface area contributed by atoms with Crippen LogP contribution < -0.4 is 16.1 Å². The van der Waals surface area contributed by atoms with E-state index in [9.17, 15) is 19.2 Å². The van der Waals surface area contributed by atoms with Gasteiger partial charge in [-0.1, -0.05) is 24.3 Å². The maximum atomic E-state index is 12.8. The average molecular weight is 449 g/mol. The van der Waals surface area contributed by atoms with Crippen LogP contribution in [0.4, 0.5) is 4.79 Å². The first kappa shape index (κ1) is 22.1. The van der Waals surface area contributed by atoms with Crippen LogP contribution in [0.5, 0.6) is 0 Å². The first-order valence-corrected chi connectivity index (χ1v) is 10.5. The highest BCUT2D eigenvalue weighted by molar-refractivity contribution is 5.95. The van der Waals surface area contributed by atoms with E-state index in [2.05, 4.69) is 10.6 Å². The lowest BCUT2D eigenvalue weighted by Crippen LogP contribution is -2.50. The molecule has 0 aliphatic carbocycles. The number of benzene rings is 2. The Morgan fingerprint density at radius 1 is 0.970 bits per heavy atom. The van der Waals surface area contributed by atoms with Crippen LogP contribution in [0, 0.1) is 0 Å². The summed E-state index contributed by atoms with van der Waals surface area (Å²) in [7, 11) is 0. The van der Waals surface area contributed by atoms with Gasteiger partial charge in [-0.2, -0.15) is 0 Å². The topological polar surface area (TPSA) is 116 Å². The minimum absolute atomic E-state index is 0.110. The molecule has 1 atom stereocenters. The molecule has 9 nitrogen and oxygen atoms in total. The van der Waals surface area contributed by atoms with Crippen molar-refractivity contribution in [1.29, 1.82) is 0 Å². The normalized spacial score (nSPS) is 15.8. The van der Waals surface area contributed by atoms with E-state index < -0.39 is 24.0 Å². The quantitative estimate of drug-likeness (QED) is 0.440. The van der Waals surface area contributed by atoms with Crippen LogP contribution in [0.15, 0.2) is 64.6 Å². The van der Waals surface area contributed by atoms with Gasteiger partial charge in [0.05, 0.1) is 35.0 Å². The number of carbonyl (C=O) groups excluding carboxylic acids is 3. The molecule has 9 heteroatoms. The number of hydrogen-bond donors (Lipinski definition) is 2. The van der Waals surface area contributed by atoms with E-state index >= 15 is 0 Å². The lowest BCUT2D eigenvalue weighted by molar-refractivity contribution is -0.144. The maximum absolute atomic E-state index is 12.8. The van der Waals surface area contributed by atoms with Crippen LogP contribution in [0.2, 0.25) is 0 Å². The third kappa shape index (κ3) is 4.30. The number of urea groups is 1. The molecule has 1 unspecified atom stereocenters. The summed E-state index contributed by atoms with van der Waals surface area (Å²) < 4.78 is 12.2. The second-order valence-electron chi connectivity index (χ2n) is 7.54. The molecule has 2 aromatic carbocycles. The van der Waals surface area contributed by atoms with Gasteiger partial charge in [0.1, 0.15) is 13.2 Å². The van der Waals surface area contributed by atoms with Crippen molar-refractivity contribution in [3.8, 4) is 0 Å². The molecule has 1 aromatic heterocycles. The second kappa shape index (κ2) is 9.15. The largest absolute Gasteiger partial charge is 0.463 e. The highest BCUT2D eigenvalue weighted by atomic mass is 16.5. The van der Waals surface area contributed by atoms with Crippen molar-refractivity contribution in [2.75, 3.05) is 13.2 Å². The Labute approximate surface area is 189 Å². The number of aromatic nitrogens is 1. The Kier molecular flexibility index (Phi) is 6.12. The number of pyridine rings is 1. The summed E-state index contributed by atoms with van der Waals surface area (Å²) in [5.74, 6) is -1.19. The predicted octanol–water partition coefficient (Wildman–Crippen LogP) is 2.22. The SMILES string of the molecule is CCOC(=O)C1=C(COC(=O)Cn2c3ccccc3c(=O)c3ccccc32)NC(=O)NC1C. The van der Waals surface area contributed by atoms with Gasteiger partial charge in [0.15, 0.2) is 5.43 Å². The Balaban J connectivity index is 1.63. The molecule has 4 rings (SSSR count). The summed E-state index contributed by atoms with van der Waals surface area (Å²) in [4.78, 5) is 49.9. The van der Waals surface area contributed by atoms with Crippen molar-refractivity contribution in [3.05, 3.63) is 70.0 Å². The van der Waals surface area contributed by atoms with Crippen molar-refractivity contribution in [2.45, 2.75) is 26.4 Å². The number of nitrogens with zero attached hydrogens (tertiary/aromatic N) is 1. The summed E-state index contributed by atoms with van der Waals surface area (Å²) in [6, 6.07) is 13.0. The summed E-state index contributed by atoms with van der Waals surface area (Å²) in [6.45, 7) is 3.02. The second-order valence-corrected chi connectivity index (χ2v) is 7.54. The van der Waals surface area contributed by atoms with E-state index in [1.54, 1.807) is 66.9 Å². The minimum Gasteiger partial charge on any atom is -0.463 e. The van der Waals surface area contributed by atoms with Gasteiger partial charge in [-0.25, -0.2) is 9.59 Å². The molecular formula is C24H23N3O6. The van der Waals surface area contributed by atoms with E-state index in [0.29, 0.717) is 21.8 Å². The monoisotopic (exact) mass is 449 g/mol. The van der Waals surface area contributed by atoms with Crippen LogP contribution in [0.25, 0.3) is 21.8 Å². The standard InChI is InChI=1S/C24H23N3O6/c1-3-32-23(30)21-14(2)25-24(31)26-17(21)13-33-20(28)12-27-18-10-6-4-8-15(18)22(29)16-9-5-7-11-19(16)27/h4-11,14H,3,12-13H2,1-2H3,(H2,25,26,31). The van der Waals surface area contributed by atoms with E-state index in [0.717, 1.165) is 0 Å². The lowest BCUT2D eigenvalue weighted by Gasteiger charge is -2.26. The molecule has 0 fully saturated rings. The number of nitrogens with one attached hydrogen (secondary N) is 2. The van der Waals surface area contributed by atoms with Gasteiger partial charge < -0.3 is 24.7 Å². The van der Waals surface area contributed by atoms with Crippen molar-refractivity contribution in [2.24, 2.45) is 0 Å². The number of hydrogen-bond acceptors (Lipinski definition) is 6. The number of fused-ring (bicyclic) bond motifs is 2. The fourth-order valence-electron chi connectivity index (χ4n) is 3.97. The van der Waals surface area contributed by atoms with Gasteiger partial charge in [0.25, 0.3) is 0 Å². The number of para-hydroxylation sites is 2. The molecule has 0 radical (unpaired) electrons. The predicted molar refractivity (Wildman–Crippen MR) is 121 cm³/mol. The summed E-state index contributed by atoms with van der Waals surface area (Å²) in [5.41, 5.74) is 1.47. The Morgan fingerprint density at radius 2 is 1.58 bits per heavy atom. The van der Waals surface area contributed by atoms with Crippen LogP contribution in [-0.2, 0) is 25.6 Å². The molecule has 2 N–H and O–H groups in total. The van der Waals surface area contributed by atoms with E-state index in [-0.39, 0.29) is 36.5 Å². The van der Waals surface area contributed by atoms with E-state index in [1.807, 2.05) is 0 Å². The number of esters is 2. The smallest absolute Gasteiger partial charge is 0.338 e. The van der Waals surface area contributed by atoms with Crippen LogP contribution >= 0.6 is 0 Å². The molecule has 0 saturated heterocycles. The van der Waals surface area contributed by atoms with Crippen molar-refractivity contribution in [3.63, 3.8) is 0 Å². The first-order valence-electron chi connectivity index (χ1n) is 10.5. The zero-order valence-corrected chi connectivity index (χ0v) is 18.2. The third-order valence-electron chi connectivity index (χ3n) is 5.41. The molecule has 2 heterocycles. The highest BCUT2D eigenvalue weighted by Gasteiger charge is 2.30. The van der Waals surface area contributed by atoms with E-state index in [1.165, 1.54) is 0 Å². The van der Waals surface area contributed by atoms with Gasteiger partial charge in [0.2, 0.25) is 0 Å². The molecule has 0 bridgehead atoms. The number of carbonyl (C=O) groups is 3. The van der Waals surface area contributed by atoms with E-state index in [4.69, 9.17) is 9.47 Å². The zero-order chi connectivity index (χ0) is 23.5. The molecule has 33 heavy (non-hydrogen) atoms. The molecular weight excluding hydrogens is 426 g/mol. The molecule has 170 valence electrons. The molecule has 2 amide bonds. The Bertz CT molecular complexity index is 1300. The third-order valence-corrected chi connectivity index (χ3v) is 5.41. The summed E-state index contributed by atoms with van der Waals surface area (Å²) in [6.07, 6.45) is 0. The number of rotatable bonds is 6. The molecule has 1 aliphatic heterocycles. The van der Waals surface area contributed by atoms with Gasteiger partial charge in [-0.3, -0.25) is 9.59 Å². The molecule has 3 aromatic rings. The van der Waals surface area contributed by atoms with Crippen molar-refractivity contribution < 1.29 is 23.9 Å². The van der Waals surface area contributed by atoms with Gasteiger partial charge >= 0.3 is 18.0 Å². The van der Waals surface area contributed by atoms with Gasteiger partial charge in [-0.15, -0.1) is 0 Å². The van der Waals surface area contributed by atoms with Crippen LogP contribution in [-0.4, -0.2) is 41.8 Å². The highest BCUT2D eigenvalue weighted by Crippen LogP contribution is 2.20. The fourth-order valence-corrected chi connectivity index (χ4v) is 3.97. The van der Waals surface area contributed by atoms with Gasteiger partial charge in [0, 0.05) is 10.8 Å². The Hall–Kier alpha value is -4.14. The summed E-state index contributed by atoms with van der Waals surface area (Å²) >= 11 is 0. The lowest BCUT2D eigenvalue weighted by atomic mass is 10.0. The first-order chi connectivity index (χ1) is 15.9. The van der Waals surface area contributed by atoms with Crippen LogP contribution in [0.1, 0.15) is 13.8 Å². The zero-order valence-electron chi connectivity index (χ0n) is 18.2. The maximum Gasteiger partial charge on any atom is 0.338 e. The number of ether oxygens (including phenoxy) is 2. The van der Waals surface area contributed by atoms with Crippen LogP contribution in [0.3, 0.4) is 0 Å². The minimum atomic E-state index is -0.599.